The topological polar surface area (TPSA) is 126 Å². The number of carbonyl (C=O) groups excluding carboxylic acids is 4. The number of pyridine rings is 1. The first kappa shape index (κ1) is 25.9. The average Bonchev–Trinajstić information content (AvgIpc) is 3.26. The molecule has 12 heteroatoms. The van der Waals surface area contributed by atoms with Crippen LogP contribution in [0, 0.1) is 11.0 Å². The monoisotopic (exact) mass is 513 g/mol. The lowest BCUT2D eigenvalue weighted by atomic mass is 10.1. The summed E-state index contributed by atoms with van der Waals surface area (Å²) in [6.45, 7) is 2.91. The van der Waals surface area contributed by atoms with E-state index in [1.54, 1.807) is 23.1 Å². The Kier molecular flexibility index (Phi) is 7.85. The first-order valence-electron chi connectivity index (χ1n) is 12.0. The van der Waals surface area contributed by atoms with Crippen LogP contribution in [0.15, 0.2) is 42.6 Å². The van der Waals surface area contributed by atoms with Crippen molar-refractivity contribution >= 4 is 35.1 Å². The second kappa shape index (κ2) is 11.2. The minimum absolute atomic E-state index is 0.0144. The smallest absolute Gasteiger partial charge is 0.414 e. The highest BCUT2D eigenvalue weighted by Crippen LogP contribution is 2.29. The van der Waals surface area contributed by atoms with E-state index in [0.717, 1.165) is 0 Å². The molecule has 4 rings (SSSR count). The molecule has 2 aromatic rings. The van der Waals surface area contributed by atoms with Crippen LogP contribution in [0.25, 0.3) is 0 Å². The number of benzene rings is 1. The second-order valence-electron chi connectivity index (χ2n) is 8.95. The lowest BCUT2D eigenvalue weighted by molar-refractivity contribution is -0.607. The van der Waals surface area contributed by atoms with Crippen LogP contribution >= 0.6 is 0 Å². The van der Waals surface area contributed by atoms with Crippen molar-refractivity contribution in [1.82, 2.24) is 10.2 Å². The van der Waals surface area contributed by atoms with Gasteiger partial charge in [-0.15, -0.1) is 0 Å². The van der Waals surface area contributed by atoms with Crippen molar-refractivity contribution in [3.05, 3.63) is 59.3 Å². The number of hydrogen-bond acceptors (Lipinski definition) is 7. The van der Waals surface area contributed by atoms with Gasteiger partial charge in [-0.05, 0) is 37.6 Å². The van der Waals surface area contributed by atoms with Crippen LogP contribution in [0.4, 0.5) is 20.6 Å². The first-order chi connectivity index (χ1) is 17.7. The number of carbonyl (C=O) groups is 4. The Balaban J connectivity index is 1.29. The van der Waals surface area contributed by atoms with Gasteiger partial charge in [-0.3, -0.25) is 14.5 Å². The number of nitrogens with zero attached hydrogens (tertiary/aromatic N) is 4. The molecule has 3 heterocycles. The molecule has 1 N–H and O–H groups in total. The van der Waals surface area contributed by atoms with Gasteiger partial charge in [-0.1, -0.05) is 0 Å². The van der Waals surface area contributed by atoms with E-state index in [9.17, 15) is 24.4 Å². The zero-order valence-electron chi connectivity index (χ0n) is 20.4. The molecule has 0 saturated carbocycles. The molecule has 2 fully saturated rings. The zero-order valence-corrected chi connectivity index (χ0v) is 20.4. The highest BCUT2D eigenvalue weighted by molar-refractivity contribution is 5.94. The van der Waals surface area contributed by atoms with E-state index in [4.69, 9.17) is 4.74 Å². The van der Waals surface area contributed by atoms with Crippen LogP contribution < -0.4 is 19.8 Å². The Bertz CT molecular complexity index is 1200. The van der Waals surface area contributed by atoms with Crippen molar-refractivity contribution in [3.8, 4) is 0 Å². The van der Waals surface area contributed by atoms with Gasteiger partial charge in [0, 0.05) is 44.7 Å². The fourth-order valence-corrected chi connectivity index (χ4v) is 4.33. The van der Waals surface area contributed by atoms with Crippen LogP contribution in [-0.4, -0.2) is 74.0 Å². The minimum atomic E-state index is -0.642. The summed E-state index contributed by atoms with van der Waals surface area (Å²) < 4.78 is 20.7. The summed E-state index contributed by atoms with van der Waals surface area (Å²) in [7, 11) is 0. The molecule has 2 aliphatic rings. The Morgan fingerprint density at radius 2 is 1.92 bits per heavy atom. The average molecular weight is 514 g/mol. The number of ketones is 1. The van der Waals surface area contributed by atoms with Gasteiger partial charge in [-0.25, -0.2) is 9.18 Å². The molecule has 196 valence electrons. The van der Waals surface area contributed by atoms with Crippen molar-refractivity contribution in [2.45, 2.75) is 25.9 Å². The van der Waals surface area contributed by atoms with Gasteiger partial charge in [0.1, 0.15) is 17.7 Å². The number of nitrogens with one attached hydrogen (secondary N) is 1. The third-order valence-electron chi connectivity index (χ3n) is 6.37. The SMILES string of the molecule is CC(=O)CC[C@H]1CN(c2ccc(N3CCN(C(=O)CNC(=O)c4cccc[n+]4[O-])CC3)c(F)c2)C(=O)O1. The Labute approximate surface area is 213 Å². The molecule has 0 spiro atoms. The highest BCUT2D eigenvalue weighted by atomic mass is 19.1. The zero-order chi connectivity index (χ0) is 26.5. The Hall–Kier alpha value is -4.22. The highest BCUT2D eigenvalue weighted by Gasteiger charge is 2.33. The van der Waals surface area contributed by atoms with Gasteiger partial charge < -0.3 is 29.9 Å². The lowest BCUT2D eigenvalue weighted by Gasteiger charge is -2.36. The van der Waals surface area contributed by atoms with E-state index >= 15 is 4.39 Å². The lowest BCUT2D eigenvalue weighted by Crippen LogP contribution is -2.52. The fourth-order valence-electron chi connectivity index (χ4n) is 4.33. The molecule has 0 unspecified atom stereocenters. The molecule has 1 aromatic heterocycles. The maximum atomic E-state index is 15.0. The predicted octanol–water partition coefficient (Wildman–Crippen LogP) is 1.23. The summed E-state index contributed by atoms with van der Waals surface area (Å²) in [4.78, 5) is 52.8. The summed E-state index contributed by atoms with van der Waals surface area (Å²) in [6, 6.07) is 8.94. The quantitative estimate of drug-likeness (QED) is 0.416. The van der Waals surface area contributed by atoms with Crippen LogP contribution in [0.5, 0.6) is 0 Å². The number of hydrogen-bond donors (Lipinski definition) is 1. The van der Waals surface area contributed by atoms with Crippen LogP contribution in [0.3, 0.4) is 0 Å². The summed E-state index contributed by atoms with van der Waals surface area (Å²) in [5.74, 6) is -1.43. The molecule has 0 radical (unpaired) electrons. The van der Waals surface area contributed by atoms with Gasteiger partial charge in [0.25, 0.3) is 5.69 Å². The number of amides is 3. The number of halogens is 1. The van der Waals surface area contributed by atoms with Gasteiger partial charge >= 0.3 is 12.0 Å². The summed E-state index contributed by atoms with van der Waals surface area (Å²) >= 11 is 0. The van der Waals surface area contributed by atoms with Crippen LogP contribution in [0.2, 0.25) is 0 Å². The van der Waals surface area contributed by atoms with Crippen molar-refractivity contribution in [2.24, 2.45) is 0 Å². The molecule has 3 amide bonds. The molecular weight excluding hydrogens is 485 g/mol. The molecule has 37 heavy (non-hydrogen) atoms. The van der Waals surface area contributed by atoms with E-state index in [0.29, 0.717) is 55.1 Å². The maximum absolute atomic E-state index is 15.0. The molecule has 0 aliphatic carbocycles. The summed E-state index contributed by atoms with van der Waals surface area (Å²) in [5, 5.41) is 14.1. The number of rotatable bonds is 8. The van der Waals surface area contributed by atoms with Crippen molar-refractivity contribution < 1.29 is 33.0 Å². The van der Waals surface area contributed by atoms with Crippen molar-refractivity contribution in [1.29, 1.82) is 0 Å². The summed E-state index contributed by atoms with van der Waals surface area (Å²) in [6.07, 6.45) is 0.954. The van der Waals surface area contributed by atoms with Crippen molar-refractivity contribution in [3.63, 3.8) is 0 Å². The number of piperazine rings is 1. The molecule has 2 saturated heterocycles. The predicted molar refractivity (Wildman–Crippen MR) is 130 cm³/mol. The molecular formula is C25H28FN5O6. The van der Waals surface area contributed by atoms with Gasteiger partial charge in [0.15, 0.2) is 6.20 Å². The Morgan fingerprint density at radius 3 is 2.59 bits per heavy atom. The fraction of sp³-hybridized carbons (Fsp3) is 0.400. The summed E-state index contributed by atoms with van der Waals surface area (Å²) in [5.41, 5.74) is 0.626. The third kappa shape index (κ3) is 6.13. The van der Waals surface area contributed by atoms with Gasteiger partial charge in [-0.2, -0.15) is 4.73 Å². The van der Waals surface area contributed by atoms with Gasteiger partial charge in [0.05, 0.1) is 24.5 Å². The van der Waals surface area contributed by atoms with E-state index in [-0.39, 0.29) is 30.5 Å². The number of anilines is 2. The number of ether oxygens (including phenoxy) is 1. The number of cyclic esters (lactones) is 1. The van der Waals surface area contributed by atoms with Crippen LogP contribution in [-0.2, 0) is 14.3 Å². The normalized spacial score (nSPS) is 17.5. The second-order valence-corrected chi connectivity index (χ2v) is 8.95. The van der Waals surface area contributed by atoms with Crippen molar-refractivity contribution in [2.75, 3.05) is 49.1 Å². The third-order valence-corrected chi connectivity index (χ3v) is 6.37. The van der Waals surface area contributed by atoms with E-state index in [1.165, 1.54) is 36.2 Å². The number of aromatic nitrogens is 1. The largest absolute Gasteiger partial charge is 0.618 e. The van der Waals surface area contributed by atoms with E-state index in [2.05, 4.69) is 5.32 Å². The van der Waals surface area contributed by atoms with Crippen LogP contribution in [0.1, 0.15) is 30.3 Å². The first-order valence-corrected chi connectivity index (χ1v) is 12.0. The van der Waals surface area contributed by atoms with E-state index in [1.807, 2.05) is 4.90 Å². The Morgan fingerprint density at radius 1 is 1.16 bits per heavy atom. The molecule has 1 aromatic carbocycles. The standard InChI is InChI=1S/C25H28FN5O6/c1-17(32)5-7-19-16-30(25(35)37-19)18-6-8-21(20(26)14-18)28-10-12-29(13-11-28)23(33)15-27-24(34)22-4-2-3-9-31(22)36/h2-4,6,8-9,14,19H,5,7,10-13,15-16H2,1H3,(H,27,34)/t19-/m0/s1. The maximum Gasteiger partial charge on any atom is 0.414 e. The molecule has 1 atom stereocenters. The molecule has 2 aliphatic heterocycles. The van der Waals surface area contributed by atoms with Gasteiger partial charge in [0.2, 0.25) is 5.91 Å². The minimum Gasteiger partial charge on any atom is -0.618 e. The molecule has 11 nitrogen and oxygen atoms in total. The number of Topliss-reactive ketones (excluding diaryl/α,β-unsaturated/α-hetero) is 1. The molecule has 0 bridgehead atoms. The van der Waals surface area contributed by atoms with E-state index < -0.39 is 23.9 Å².